The lowest BCUT2D eigenvalue weighted by atomic mass is 10.2. The first-order chi connectivity index (χ1) is 10.8. The number of para-hydroxylation sites is 2. The highest BCUT2D eigenvalue weighted by Gasteiger charge is 2.10. The van der Waals surface area contributed by atoms with Gasteiger partial charge in [-0.3, -0.25) is 4.40 Å². The highest BCUT2D eigenvalue weighted by molar-refractivity contribution is 5.84. The van der Waals surface area contributed by atoms with Gasteiger partial charge in [0.25, 0.3) is 0 Å². The molecule has 22 heavy (non-hydrogen) atoms. The Kier molecular flexibility index (Phi) is 3.00. The summed E-state index contributed by atoms with van der Waals surface area (Å²) in [6.45, 7) is 2.76. The molecule has 0 fully saturated rings. The lowest BCUT2D eigenvalue weighted by molar-refractivity contribution is 1.06. The summed E-state index contributed by atoms with van der Waals surface area (Å²) in [4.78, 5) is 9.20. The van der Waals surface area contributed by atoms with Crippen LogP contribution in [0.2, 0.25) is 0 Å². The number of anilines is 1. The van der Waals surface area contributed by atoms with Crippen LogP contribution in [-0.4, -0.2) is 14.4 Å². The minimum absolute atomic E-state index is 0.742. The van der Waals surface area contributed by atoms with Gasteiger partial charge in [-0.05, 0) is 24.6 Å². The average Bonchev–Trinajstić information content (AvgIpc) is 2.96. The Hall–Kier alpha value is -2.88. The van der Waals surface area contributed by atoms with Crippen molar-refractivity contribution < 1.29 is 0 Å². The molecule has 0 atom stereocenters. The van der Waals surface area contributed by atoms with Crippen molar-refractivity contribution in [3.8, 4) is 0 Å². The minimum Gasteiger partial charge on any atom is -0.364 e. The number of nitrogens with zero attached hydrogens (tertiary/aromatic N) is 3. The van der Waals surface area contributed by atoms with Crippen LogP contribution in [0.3, 0.4) is 0 Å². The standard InChI is InChI=1S/C18H16N4/c1-13-19-12-17-18(20-11-14-7-3-2-4-8-14)21-15-9-5-6-10-16(15)22(13)17/h2-10,12H,11H2,1H3,(H,20,21). The fourth-order valence-corrected chi connectivity index (χ4v) is 2.75. The largest absolute Gasteiger partial charge is 0.364 e. The van der Waals surface area contributed by atoms with Gasteiger partial charge in [0.15, 0.2) is 5.82 Å². The maximum atomic E-state index is 4.76. The monoisotopic (exact) mass is 288 g/mol. The van der Waals surface area contributed by atoms with E-state index in [4.69, 9.17) is 4.98 Å². The van der Waals surface area contributed by atoms with E-state index in [2.05, 4.69) is 32.9 Å². The van der Waals surface area contributed by atoms with Crippen LogP contribution in [0, 0.1) is 6.92 Å². The predicted molar refractivity (Wildman–Crippen MR) is 89.0 cm³/mol. The Morgan fingerprint density at radius 1 is 0.955 bits per heavy atom. The Bertz CT molecular complexity index is 941. The third-order valence-corrected chi connectivity index (χ3v) is 3.84. The van der Waals surface area contributed by atoms with Crippen molar-refractivity contribution >= 4 is 22.4 Å². The fraction of sp³-hybridized carbons (Fsp3) is 0.111. The first-order valence-corrected chi connectivity index (χ1v) is 7.33. The van der Waals surface area contributed by atoms with Gasteiger partial charge in [-0.25, -0.2) is 9.97 Å². The predicted octanol–water partition coefficient (Wildman–Crippen LogP) is 3.80. The third kappa shape index (κ3) is 2.09. The van der Waals surface area contributed by atoms with Crippen molar-refractivity contribution in [1.82, 2.24) is 14.4 Å². The normalized spacial score (nSPS) is 11.1. The Balaban J connectivity index is 1.82. The van der Waals surface area contributed by atoms with Gasteiger partial charge in [0.2, 0.25) is 0 Å². The van der Waals surface area contributed by atoms with Crippen LogP contribution in [-0.2, 0) is 6.54 Å². The molecular formula is C18H16N4. The van der Waals surface area contributed by atoms with E-state index in [9.17, 15) is 0 Å². The molecule has 0 amide bonds. The fourth-order valence-electron chi connectivity index (χ4n) is 2.75. The molecule has 1 N–H and O–H groups in total. The second-order valence-electron chi connectivity index (χ2n) is 5.31. The van der Waals surface area contributed by atoms with Crippen LogP contribution in [0.4, 0.5) is 5.82 Å². The van der Waals surface area contributed by atoms with Gasteiger partial charge in [0.05, 0.1) is 17.2 Å². The summed E-state index contributed by atoms with van der Waals surface area (Å²) in [5, 5.41) is 3.44. The highest BCUT2D eigenvalue weighted by atomic mass is 15.1. The molecule has 0 spiro atoms. The van der Waals surface area contributed by atoms with Crippen molar-refractivity contribution in [3.63, 3.8) is 0 Å². The van der Waals surface area contributed by atoms with E-state index in [0.717, 1.165) is 34.7 Å². The van der Waals surface area contributed by atoms with E-state index in [1.54, 1.807) is 0 Å². The smallest absolute Gasteiger partial charge is 0.153 e. The van der Waals surface area contributed by atoms with Gasteiger partial charge >= 0.3 is 0 Å². The summed E-state index contributed by atoms with van der Waals surface area (Å²) >= 11 is 0. The molecule has 2 aromatic carbocycles. The molecule has 4 heteroatoms. The molecule has 108 valence electrons. The van der Waals surface area contributed by atoms with Crippen LogP contribution >= 0.6 is 0 Å². The number of rotatable bonds is 3. The number of hydrogen-bond donors (Lipinski definition) is 1. The topological polar surface area (TPSA) is 42.2 Å². The van der Waals surface area contributed by atoms with Gasteiger partial charge in [-0.1, -0.05) is 42.5 Å². The van der Waals surface area contributed by atoms with E-state index in [1.165, 1.54) is 5.56 Å². The zero-order valence-electron chi connectivity index (χ0n) is 12.3. The first-order valence-electron chi connectivity index (χ1n) is 7.33. The Morgan fingerprint density at radius 3 is 2.59 bits per heavy atom. The number of imidazole rings is 1. The van der Waals surface area contributed by atoms with Crippen LogP contribution in [0.25, 0.3) is 16.6 Å². The number of fused-ring (bicyclic) bond motifs is 3. The summed E-state index contributed by atoms with van der Waals surface area (Å²) in [7, 11) is 0. The quantitative estimate of drug-likeness (QED) is 0.623. The second-order valence-corrected chi connectivity index (χ2v) is 5.31. The number of aromatic nitrogens is 3. The number of aryl methyl sites for hydroxylation is 1. The second kappa shape index (κ2) is 5.15. The number of benzene rings is 2. The molecule has 0 saturated heterocycles. The van der Waals surface area contributed by atoms with Crippen LogP contribution in [0.5, 0.6) is 0 Å². The summed E-state index contributed by atoms with van der Waals surface area (Å²) in [6.07, 6.45) is 1.88. The van der Waals surface area contributed by atoms with E-state index in [1.807, 2.05) is 49.5 Å². The molecule has 2 heterocycles. The van der Waals surface area contributed by atoms with Crippen LogP contribution in [0.15, 0.2) is 60.8 Å². The molecular weight excluding hydrogens is 272 g/mol. The van der Waals surface area contributed by atoms with Crippen molar-refractivity contribution in [3.05, 3.63) is 72.2 Å². The Morgan fingerprint density at radius 2 is 1.73 bits per heavy atom. The van der Waals surface area contributed by atoms with Crippen molar-refractivity contribution in [2.45, 2.75) is 13.5 Å². The zero-order valence-corrected chi connectivity index (χ0v) is 12.3. The molecule has 4 nitrogen and oxygen atoms in total. The molecule has 0 aliphatic carbocycles. The van der Waals surface area contributed by atoms with Crippen molar-refractivity contribution in [2.24, 2.45) is 0 Å². The molecule has 4 rings (SSSR count). The maximum Gasteiger partial charge on any atom is 0.153 e. The van der Waals surface area contributed by atoms with E-state index >= 15 is 0 Å². The van der Waals surface area contributed by atoms with Crippen molar-refractivity contribution in [1.29, 1.82) is 0 Å². The Labute approximate surface area is 128 Å². The van der Waals surface area contributed by atoms with Gasteiger partial charge in [-0.15, -0.1) is 0 Å². The van der Waals surface area contributed by atoms with Gasteiger partial charge in [0, 0.05) is 6.54 Å². The summed E-state index contributed by atoms with van der Waals surface area (Å²) in [5.41, 5.74) is 4.28. The van der Waals surface area contributed by atoms with E-state index in [-0.39, 0.29) is 0 Å². The molecule has 0 aliphatic rings. The molecule has 0 unspecified atom stereocenters. The number of hydrogen-bond acceptors (Lipinski definition) is 3. The highest BCUT2D eigenvalue weighted by Crippen LogP contribution is 2.23. The molecule has 0 bridgehead atoms. The summed E-state index contributed by atoms with van der Waals surface area (Å²) < 4.78 is 2.15. The summed E-state index contributed by atoms with van der Waals surface area (Å²) in [6, 6.07) is 18.5. The van der Waals surface area contributed by atoms with Crippen LogP contribution in [0.1, 0.15) is 11.4 Å². The molecule has 0 saturated carbocycles. The molecule has 4 aromatic rings. The lowest BCUT2D eigenvalue weighted by Crippen LogP contribution is -2.04. The minimum atomic E-state index is 0.742. The SMILES string of the molecule is Cc1ncc2c(NCc3ccccc3)nc3ccccc3n12. The average molecular weight is 288 g/mol. The van der Waals surface area contributed by atoms with Crippen LogP contribution < -0.4 is 5.32 Å². The zero-order chi connectivity index (χ0) is 14.9. The maximum absolute atomic E-state index is 4.76. The summed E-state index contributed by atoms with van der Waals surface area (Å²) in [5.74, 6) is 1.83. The van der Waals surface area contributed by atoms with Gasteiger partial charge in [0.1, 0.15) is 11.3 Å². The molecule has 0 radical (unpaired) electrons. The number of nitrogens with one attached hydrogen (secondary N) is 1. The van der Waals surface area contributed by atoms with Gasteiger partial charge < -0.3 is 5.32 Å². The van der Waals surface area contributed by atoms with Crippen molar-refractivity contribution in [2.75, 3.05) is 5.32 Å². The van der Waals surface area contributed by atoms with Gasteiger partial charge in [-0.2, -0.15) is 0 Å². The first kappa shape index (κ1) is 12.8. The third-order valence-electron chi connectivity index (χ3n) is 3.84. The van der Waals surface area contributed by atoms with E-state index in [0.29, 0.717) is 0 Å². The van der Waals surface area contributed by atoms with E-state index < -0.39 is 0 Å². The lowest BCUT2D eigenvalue weighted by Gasteiger charge is -2.11. The molecule has 2 aromatic heterocycles. The molecule has 0 aliphatic heterocycles.